The van der Waals surface area contributed by atoms with Crippen LogP contribution in [0.2, 0.25) is 0 Å². The summed E-state index contributed by atoms with van der Waals surface area (Å²) in [6, 6.07) is 17.5. The minimum atomic E-state index is -5.72. The first-order valence-corrected chi connectivity index (χ1v) is 13.3. The summed E-state index contributed by atoms with van der Waals surface area (Å²) in [6.07, 6.45) is 1.51. The lowest BCUT2D eigenvalue weighted by Gasteiger charge is -2.16. The van der Waals surface area contributed by atoms with Crippen LogP contribution in [0.4, 0.5) is 14.5 Å². The molecule has 0 saturated heterocycles. The van der Waals surface area contributed by atoms with Gasteiger partial charge in [-0.05, 0) is 58.4 Å². The minimum absolute atomic E-state index is 0.158. The summed E-state index contributed by atoms with van der Waals surface area (Å²) in [5, 5.41) is 3.70. The molecule has 4 rings (SSSR count). The number of rotatable bonds is 6. The lowest BCUT2D eigenvalue weighted by Crippen LogP contribution is -2.12. The number of pyridine rings is 1. The number of nitrogens with zero attached hydrogens (tertiary/aromatic N) is 1. The molecule has 2 aromatic carbocycles. The van der Waals surface area contributed by atoms with Gasteiger partial charge in [0.15, 0.2) is 0 Å². The van der Waals surface area contributed by atoms with Gasteiger partial charge in [0.2, 0.25) is 0 Å². The highest BCUT2D eigenvalue weighted by molar-refractivity contribution is 9.10. The summed E-state index contributed by atoms with van der Waals surface area (Å²) in [5.41, 5.74) is -3.70. The van der Waals surface area contributed by atoms with Crippen LogP contribution in [0.3, 0.4) is 0 Å². The highest BCUT2D eigenvalue weighted by Crippen LogP contribution is 2.62. The number of fused-ring (bicyclic) bond motifs is 1. The minimum Gasteiger partial charge on any atom is -0.321 e. The van der Waals surface area contributed by atoms with Crippen LogP contribution in [-0.4, -0.2) is 20.7 Å². The lowest BCUT2D eigenvalue weighted by atomic mass is 10.1. The van der Waals surface area contributed by atoms with Crippen molar-refractivity contribution in [2.24, 2.45) is 0 Å². The SMILES string of the molecule is O=C(Nc1ccc(Sc2ccccc2)nc1)c1ccc2sc(C(F)(F)P(=O)(O)O)c(Br)c2c1. The van der Waals surface area contributed by atoms with E-state index in [0.717, 1.165) is 9.92 Å². The van der Waals surface area contributed by atoms with Gasteiger partial charge < -0.3 is 15.1 Å². The molecule has 2 heterocycles. The van der Waals surface area contributed by atoms with Crippen molar-refractivity contribution in [2.45, 2.75) is 15.6 Å². The van der Waals surface area contributed by atoms with Gasteiger partial charge in [0.1, 0.15) is 9.90 Å². The number of thiophene rings is 1. The van der Waals surface area contributed by atoms with E-state index in [9.17, 15) is 18.1 Å². The smallest absolute Gasteiger partial charge is 0.321 e. The molecule has 3 N–H and O–H groups in total. The normalized spacial score (nSPS) is 12.2. The second-order valence-electron chi connectivity index (χ2n) is 6.80. The molecule has 0 bridgehead atoms. The summed E-state index contributed by atoms with van der Waals surface area (Å²) in [5.74, 6) is -0.483. The zero-order chi connectivity index (χ0) is 23.8. The van der Waals surface area contributed by atoms with Crippen LogP contribution in [0.15, 0.2) is 81.3 Å². The van der Waals surface area contributed by atoms with E-state index in [1.165, 1.54) is 36.2 Å². The molecule has 170 valence electrons. The van der Waals surface area contributed by atoms with Crippen molar-refractivity contribution >= 4 is 68.3 Å². The number of alkyl halides is 2. The third-order valence-corrected chi connectivity index (χ3v) is 8.88. The average Bonchev–Trinajstić information content (AvgIpc) is 3.11. The first-order chi connectivity index (χ1) is 15.6. The summed E-state index contributed by atoms with van der Waals surface area (Å²) in [6.45, 7) is 0. The first kappa shape index (κ1) is 24.0. The predicted octanol–water partition coefficient (Wildman–Crippen LogP) is 6.69. The molecule has 4 aromatic rings. The van der Waals surface area contributed by atoms with Crippen LogP contribution in [0.25, 0.3) is 10.1 Å². The Hall–Kier alpha value is -2.14. The van der Waals surface area contributed by atoms with Crippen molar-refractivity contribution in [2.75, 3.05) is 5.32 Å². The Labute approximate surface area is 203 Å². The maximum Gasteiger partial charge on any atom is 0.400 e. The number of carbonyl (C=O) groups excluding carboxylic acids is 1. The zero-order valence-corrected chi connectivity index (χ0v) is 20.5. The molecule has 1 amide bonds. The van der Waals surface area contributed by atoms with Crippen molar-refractivity contribution in [1.29, 1.82) is 0 Å². The molecule has 0 radical (unpaired) electrons. The average molecular weight is 571 g/mol. The van der Waals surface area contributed by atoms with Gasteiger partial charge in [-0.2, -0.15) is 8.78 Å². The molecule has 0 fully saturated rings. The zero-order valence-electron chi connectivity index (χ0n) is 16.4. The highest BCUT2D eigenvalue weighted by Gasteiger charge is 2.53. The van der Waals surface area contributed by atoms with Gasteiger partial charge in [-0.1, -0.05) is 30.0 Å². The fraction of sp³-hybridized carbons (Fsp3) is 0.0476. The Morgan fingerprint density at radius 2 is 1.85 bits per heavy atom. The summed E-state index contributed by atoms with van der Waals surface area (Å²) in [7, 11) is -5.72. The van der Waals surface area contributed by atoms with Crippen molar-refractivity contribution < 1.29 is 27.9 Å². The number of aromatic nitrogens is 1. The Morgan fingerprint density at radius 1 is 1.12 bits per heavy atom. The van der Waals surface area contributed by atoms with Crippen molar-refractivity contribution in [3.05, 3.63) is 81.8 Å². The first-order valence-electron chi connectivity index (χ1n) is 9.22. The Balaban J connectivity index is 1.54. The van der Waals surface area contributed by atoms with Crippen molar-refractivity contribution in [3.8, 4) is 0 Å². The number of amides is 1. The summed E-state index contributed by atoms with van der Waals surface area (Å²) < 4.78 is 39.9. The predicted molar refractivity (Wildman–Crippen MR) is 128 cm³/mol. The summed E-state index contributed by atoms with van der Waals surface area (Å²) in [4.78, 5) is 35.3. The van der Waals surface area contributed by atoms with E-state index < -0.39 is 24.0 Å². The molecular weight excluding hydrogens is 557 g/mol. The third kappa shape index (κ3) is 5.03. The van der Waals surface area contributed by atoms with E-state index in [1.54, 1.807) is 12.1 Å². The van der Waals surface area contributed by atoms with Gasteiger partial charge in [-0.25, -0.2) is 4.98 Å². The van der Waals surface area contributed by atoms with Crippen LogP contribution < -0.4 is 5.32 Å². The molecule has 33 heavy (non-hydrogen) atoms. The fourth-order valence-corrected chi connectivity index (χ4v) is 6.56. The Kier molecular flexibility index (Phi) is 6.73. The van der Waals surface area contributed by atoms with E-state index in [1.807, 2.05) is 30.3 Å². The van der Waals surface area contributed by atoms with Gasteiger partial charge >= 0.3 is 13.3 Å². The standard InChI is InChI=1S/C21H14BrF2N2O4PS2/c22-18-15-10-12(6-8-16(15)33-19(18)21(23,24)31(28,29)30)20(27)26-13-7-9-17(25-11-13)32-14-4-2-1-3-5-14/h1-11H,(H,26,27)(H2,28,29,30). The molecule has 6 nitrogen and oxygen atoms in total. The lowest BCUT2D eigenvalue weighted by molar-refractivity contribution is 0.0595. The van der Waals surface area contributed by atoms with Gasteiger partial charge in [0.05, 0.1) is 11.9 Å². The maximum atomic E-state index is 14.2. The molecular formula is C21H14BrF2N2O4PS2. The number of hydrogen-bond donors (Lipinski definition) is 3. The van der Waals surface area contributed by atoms with E-state index in [4.69, 9.17) is 9.79 Å². The van der Waals surface area contributed by atoms with Gasteiger partial charge in [-0.3, -0.25) is 9.36 Å². The topological polar surface area (TPSA) is 99.5 Å². The van der Waals surface area contributed by atoms with Gasteiger partial charge in [-0.15, -0.1) is 11.3 Å². The highest BCUT2D eigenvalue weighted by atomic mass is 79.9. The quantitative estimate of drug-likeness (QED) is 0.223. The monoisotopic (exact) mass is 570 g/mol. The number of halogens is 3. The summed E-state index contributed by atoms with van der Waals surface area (Å²) >= 11 is 5.04. The largest absolute Gasteiger partial charge is 0.400 e. The van der Waals surface area contributed by atoms with Gasteiger partial charge in [0, 0.05) is 25.0 Å². The fourth-order valence-electron chi connectivity index (χ4n) is 2.86. The molecule has 0 atom stereocenters. The molecule has 0 aliphatic rings. The van der Waals surface area contributed by atoms with E-state index in [2.05, 4.69) is 26.2 Å². The second kappa shape index (κ2) is 9.25. The van der Waals surface area contributed by atoms with E-state index >= 15 is 0 Å². The van der Waals surface area contributed by atoms with E-state index in [0.29, 0.717) is 21.7 Å². The second-order valence-corrected chi connectivity index (χ2v) is 11.4. The molecule has 0 saturated carbocycles. The molecule has 2 aromatic heterocycles. The molecule has 12 heteroatoms. The van der Waals surface area contributed by atoms with Crippen molar-refractivity contribution in [3.63, 3.8) is 0 Å². The van der Waals surface area contributed by atoms with Crippen LogP contribution in [0.5, 0.6) is 0 Å². The number of benzene rings is 2. The Morgan fingerprint density at radius 3 is 2.48 bits per heavy atom. The molecule has 0 aliphatic heterocycles. The number of carbonyl (C=O) groups is 1. The van der Waals surface area contributed by atoms with Crippen LogP contribution in [0, 0.1) is 0 Å². The van der Waals surface area contributed by atoms with Crippen LogP contribution in [0.1, 0.15) is 15.2 Å². The van der Waals surface area contributed by atoms with Gasteiger partial charge in [0.25, 0.3) is 5.91 Å². The number of nitrogens with one attached hydrogen (secondary N) is 1. The third-order valence-electron chi connectivity index (χ3n) is 4.49. The van der Waals surface area contributed by atoms with E-state index in [-0.39, 0.29) is 15.4 Å². The molecule has 0 spiro atoms. The van der Waals surface area contributed by atoms with Crippen molar-refractivity contribution in [1.82, 2.24) is 4.98 Å². The molecule has 0 unspecified atom stereocenters. The van der Waals surface area contributed by atoms with Crippen LogP contribution in [-0.2, 0) is 10.2 Å². The number of hydrogen-bond acceptors (Lipinski definition) is 5. The Bertz CT molecular complexity index is 1380. The van der Waals surface area contributed by atoms with Crippen LogP contribution >= 0.6 is 46.6 Å². The number of anilines is 1. The molecule has 0 aliphatic carbocycles. The maximum absolute atomic E-state index is 14.2.